The molecule has 1 atom stereocenters. The van der Waals surface area contributed by atoms with Gasteiger partial charge in [0.15, 0.2) is 9.84 Å². The van der Waals surface area contributed by atoms with Gasteiger partial charge in [0.1, 0.15) is 5.75 Å². The Morgan fingerprint density at radius 1 is 1.37 bits per heavy atom. The summed E-state index contributed by atoms with van der Waals surface area (Å²) in [6, 6.07) is 7.02. The van der Waals surface area contributed by atoms with Crippen molar-refractivity contribution in [2.75, 3.05) is 23.9 Å². The van der Waals surface area contributed by atoms with Crippen LogP contribution >= 0.6 is 0 Å². The first-order valence-electron chi connectivity index (χ1n) is 6.13. The summed E-state index contributed by atoms with van der Waals surface area (Å²) in [4.78, 5) is 11.8. The second-order valence-corrected chi connectivity index (χ2v) is 6.98. The average molecular weight is 283 g/mol. The summed E-state index contributed by atoms with van der Waals surface area (Å²) in [6.07, 6.45) is 0.837. The maximum absolute atomic E-state index is 11.8. The van der Waals surface area contributed by atoms with Crippen LogP contribution in [-0.2, 0) is 14.6 Å². The highest BCUT2D eigenvalue weighted by Crippen LogP contribution is 2.22. The highest BCUT2D eigenvalue weighted by Gasteiger charge is 2.29. The van der Waals surface area contributed by atoms with Crippen LogP contribution in [0.5, 0.6) is 5.75 Å². The fourth-order valence-corrected chi connectivity index (χ4v) is 4.04. The van der Waals surface area contributed by atoms with Crippen molar-refractivity contribution in [2.24, 2.45) is 5.92 Å². The van der Waals surface area contributed by atoms with Crippen molar-refractivity contribution >= 4 is 21.4 Å². The number of ether oxygens (including phenoxy) is 1. The second kappa shape index (κ2) is 5.61. The Bertz CT molecular complexity index is 551. The topological polar surface area (TPSA) is 72.5 Å². The maximum atomic E-state index is 11.8. The molecule has 2 rings (SSSR count). The van der Waals surface area contributed by atoms with E-state index in [4.69, 9.17) is 4.74 Å². The van der Waals surface area contributed by atoms with Gasteiger partial charge in [-0.1, -0.05) is 0 Å². The van der Waals surface area contributed by atoms with Crippen molar-refractivity contribution in [1.29, 1.82) is 0 Å². The Kier molecular flexibility index (Phi) is 4.09. The number of carbonyl (C=O) groups is 1. The molecule has 0 aliphatic carbocycles. The average Bonchev–Trinajstić information content (AvgIpc) is 2.69. The first-order chi connectivity index (χ1) is 8.98. The van der Waals surface area contributed by atoms with Crippen molar-refractivity contribution in [3.05, 3.63) is 24.3 Å². The standard InChI is InChI=1S/C13H17NO4S/c1-18-12-4-2-11(3-5-12)14-13(15)8-10-6-7-19(16,17)9-10/h2-5,10H,6-9H2,1H3,(H,14,15). The molecule has 1 fully saturated rings. The van der Waals surface area contributed by atoms with Crippen LogP contribution < -0.4 is 10.1 Å². The third-order valence-electron chi connectivity index (χ3n) is 3.17. The van der Waals surface area contributed by atoms with E-state index in [1.54, 1.807) is 31.4 Å². The molecular formula is C13H17NO4S. The minimum atomic E-state index is -2.92. The predicted molar refractivity (Wildman–Crippen MR) is 73.0 cm³/mol. The van der Waals surface area contributed by atoms with Gasteiger partial charge in [-0.25, -0.2) is 8.42 Å². The van der Waals surface area contributed by atoms with Crippen molar-refractivity contribution < 1.29 is 17.9 Å². The number of nitrogens with one attached hydrogen (secondary N) is 1. The lowest BCUT2D eigenvalue weighted by atomic mass is 10.1. The molecule has 104 valence electrons. The SMILES string of the molecule is COc1ccc(NC(=O)CC2CCS(=O)(=O)C2)cc1. The van der Waals surface area contributed by atoms with Crippen LogP contribution in [0, 0.1) is 5.92 Å². The molecular weight excluding hydrogens is 266 g/mol. The molecule has 5 nitrogen and oxygen atoms in total. The summed E-state index contributed by atoms with van der Waals surface area (Å²) in [5, 5.41) is 2.76. The molecule has 0 bridgehead atoms. The monoisotopic (exact) mass is 283 g/mol. The lowest BCUT2D eigenvalue weighted by Crippen LogP contribution is -2.17. The zero-order chi connectivity index (χ0) is 13.9. The number of benzene rings is 1. The number of hydrogen-bond acceptors (Lipinski definition) is 4. The van der Waals surface area contributed by atoms with Crippen LogP contribution in [0.15, 0.2) is 24.3 Å². The van der Waals surface area contributed by atoms with E-state index >= 15 is 0 Å². The molecule has 6 heteroatoms. The second-order valence-electron chi connectivity index (χ2n) is 4.75. The molecule has 0 saturated carbocycles. The number of anilines is 1. The molecule has 0 aromatic heterocycles. The van der Waals surface area contributed by atoms with Crippen LogP contribution in [0.4, 0.5) is 5.69 Å². The van der Waals surface area contributed by atoms with E-state index in [1.165, 1.54) is 0 Å². The number of amides is 1. The number of carbonyl (C=O) groups excluding carboxylic acids is 1. The number of hydrogen-bond donors (Lipinski definition) is 1. The lowest BCUT2D eigenvalue weighted by Gasteiger charge is -2.09. The molecule has 1 aromatic carbocycles. The highest BCUT2D eigenvalue weighted by molar-refractivity contribution is 7.91. The van der Waals surface area contributed by atoms with E-state index in [0.29, 0.717) is 12.1 Å². The fourth-order valence-electron chi connectivity index (χ4n) is 2.18. The van der Waals surface area contributed by atoms with E-state index in [-0.39, 0.29) is 29.8 Å². The van der Waals surface area contributed by atoms with Crippen molar-refractivity contribution in [2.45, 2.75) is 12.8 Å². The van der Waals surface area contributed by atoms with Gasteiger partial charge in [0.25, 0.3) is 0 Å². The van der Waals surface area contributed by atoms with Crippen molar-refractivity contribution in [3.63, 3.8) is 0 Å². The molecule has 0 spiro atoms. The van der Waals surface area contributed by atoms with Gasteiger partial charge in [-0.3, -0.25) is 4.79 Å². The van der Waals surface area contributed by atoms with E-state index in [2.05, 4.69) is 5.32 Å². The van der Waals surface area contributed by atoms with Crippen LogP contribution in [0.1, 0.15) is 12.8 Å². The molecule has 1 heterocycles. The van der Waals surface area contributed by atoms with E-state index in [9.17, 15) is 13.2 Å². The quantitative estimate of drug-likeness (QED) is 0.908. The summed E-state index contributed by atoms with van der Waals surface area (Å²) in [5.74, 6) is 0.853. The normalized spacial score (nSPS) is 21.0. The van der Waals surface area contributed by atoms with E-state index < -0.39 is 9.84 Å². The summed E-state index contributed by atoms with van der Waals surface area (Å²) >= 11 is 0. The Morgan fingerprint density at radius 2 is 2.05 bits per heavy atom. The van der Waals surface area contributed by atoms with E-state index in [0.717, 1.165) is 5.75 Å². The summed E-state index contributed by atoms with van der Waals surface area (Å²) in [5.41, 5.74) is 0.687. The van der Waals surface area contributed by atoms with Crippen LogP contribution in [0.2, 0.25) is 0 Å². The largest absolute Gasteiger partial charge is 0.497 e. The Morgan fingerprint density at radius 3 is 2.58 bits per heavy atom. The third kappa shape index (κ3) is 3.96. The van der Waals surface area contributed by atoms with Crippen LogP contribution in [0.3, 0.4) is 0 Å². The van der Waals surface area contributed by atoms with E-state index in [1.807, 2.05) is 0 Å². The van der Waals surface area contributed by atoms with Crippen LogP contribution in [-0.4, -0.2) is 32.9 Å². The van der Waals surface area contributed by atoms with Gasteiger partial charge >= 0.3 is 0 Å². The molecule has 1 aliphatic heterocycles. The summed E-state index contributed by atoms with van der Waals surface area (Å²) in [7, 11) is -1.34. The number of sulfone groups is 1. The first-order valence-corrected chi connectivity index (χ1v) is 7.95. The number of methoxy groups -OCH3 is 1. The van der Waals surface area contributed by atoms with Gasteiger partial charge in [-0.2, -0.15) is 0 Å². The Labute approximate surface area is 112 Å². The zero-order valence-corrected chi connectivity index (χ0v) is 11.6. The van der Waals surface area contributed by atoms with Gasteiger partial charge in [-0.05, 0) is 36.6 Å². The van der Waals surface area contributed by atoms with Gasteiger partial charge < -0.3 is 10.1 Å². The smallest absolute Gasteiger partial charge is 0.224 e. The summed E-state index contributed by atoms with van der Waals surface area (Å²) < 4.78 is 27.6. The third-order valence-corrected chi connectivity index (χ3v) is 5.01. The molecule has 1 aromatic rings. The molecule has 1 N–H and O–H groups in total. The number of rotatable bonds is 4. The fraction of sp³-hybridized carbons (Fsp3) is 0.462. The van der Waals surface area contributed by atoms with Crippen molar-refractivity contribution in [3.8, 4) is 5.75 Å². The Balaban J connectivity index is 1.87. The lowest BCUT2D eigenvalue weighted by molar-refractivity contribution is -0.116. The maximum Gasteiger partial charge on any atom is 0.224 e. The zero-order valence-electron chi connectivity index (χ0n) is 10.8. The Hall–Kier alpha value is -1.56. The highest BCUT2D eigenvalue weighted by atomic mass is 32.2. The van der Waals surface area contributed by atoms with Gasteiger partial charge in [-0.15, -0.1) is 0 Å². The summed E-state index contributed by atoms with van der Waals surface area (Å²) in [6.45, 7) is 0. The van der Waals surface area contributed by atoms with Gasteiger partial charge in [0, 0.05) is 12.1 Å². The molecule has 1 unspecified atom stereocenters. The van der Waals surface area contributed by atoms with Crippen molar-refractivity contribution in [1.82, 2.24) is 0 Å². The minimum Gasteiger partial charge on any atom is -0.497 e. The molecule has 19 heavy (non-hydrogen) atoms. The first kappa shape index (κ1) is 13.9. The van der Waals surface area contributed by atoms with Gasteiger partial charge in [0.2, 0.25) is 5.91 Å². The van der Waals surface area contributed by atoms with Crippen LogP contribution in [0.25, 0.3) is 0 Å². The molecule has 0 radical (unpaired) electrons. The molecule has 1 saturated heterocycles. The minimum absolute atomic E-state index is 0.0525. The predicted octanol–water partition coefficient (Wildman–Crippen LogP) is 1.46. The molecule has 1 aliphatic rings. The molecule has 1 amide bonds. The van der Waals surface area contributed by atoms with Gasteiger partial charge in [0.05, 0.1) is 18.6 Å².